The summed E-state index contributed by atoms with van der Waals surface area (Å²) in [5.74, 6) is -0.761. The van der Waals surface area contributed by atoms with Gasteiger partial charge in [0.2, 0.25) is 5.91 Å². The van der Waals surface area contributed by atoms with Crippen molar-refractivity contribution in [1.29, 1.82) is 0 Å². The van der Waals surface area contributed by atoms with E-state index in [9.17, 15) is 13.2 Å². The van der Waals surface area contributed by atoms with Gasteiger partial charge in [-0.1, -0.05) is 0 Å². The molecule has 0 spiro atoms. The summed E-state index contributed by atoms with van der Waals surface area (Å²) >= 11 is 0. The van der Waals surface area contributed by atoms with Gasteiger partial charge < -0.3 is 16.0 Å². The summed E-state index contributed by atoms with van der Waals surface area (Å²) in [7, 11) is -3.98. The summed E-state index contributed by atoms with van der Waals surface area (Å²) in [5.41, 5.74) is 6.39. The highest BCUT2D eigenvalue weighted by molar-refractivity contribution is 7.85. The predicted octanol–water partition coefficient (Wildman–Crippen LogP) is -1.33. The van der Waals surface area contributed by atoms with Gasteiger partial charge in [-0.15, -0.1) is 0 Å². The van der Waals surface area contributed by atoms with Gasteiger partial charge in [-0.25, -0.2) is 4.98 Å². The van der Waals surface area contributed by atoms with Crippen LogP contribution in [0.5, 0.6) is 0 Å². The Morgan fingerprint density at radius 1 is 1.61 bits per heavy atom. The molecule has 0 aromatic carbocycles. The molecule has 102 valence electrons. The van der Waals surface area contributed by atoms with E-state index in [-0.39, 0.29) is 24.6 Å². The molecule has 1 aromatic rings. The molecule has 0 saturated heterocycles. The van der Waals surface area contributed by atoms with Crippen molar-refractivity contribution in [3.8, 4) is 0 Å². The van der Waals surface area contributed by atoms with E-state index >= 15 is 0 Å². The summed E-state index contributed by atoms with van der Waals surface area (Å²) in [6.07, 6.45) is 3.53. The Labute approximate surface area is 105 Å². The quantitative estimate of drug-likeness (QED) is 0.277. The Hall–Kier alpha value is -1.45. The van der Waals surface area contributed by atoms with E-state index in [1.165, 1.54) is 6.33 Å². The number of rotatable bonds is 7. The van der Waals surface area contributed by atoms with Crippen molar-refractivity contribution in [2.24, 2.45) is 5.73 Å². The van der Waals surface area contributed by atoms with E-state index < -0.39 is 16.2 Å². The van der Waals surface area contributed by atoms with Crippen LogP contribution in [0.25, 0.3) is 0 Å². The summed E-state index contributed by atoms with van der Waals surface area (Å²) in [6, 6.07) is -0.726. The highest BCUT2D eigenvalue weighted by Crippen LogP contribution is 1.96. The fraction of sp³-hybridized carbons (Fsp3) is 0.556. The topological polar surface area (TPSA) is 138 Å². The van der Waals surface area contributed by atoms with Crippen molar-refractivity contribution < 1.29 is 17.8 Å². The van der Waals surface area contributed by atoms with Gasteiger partial charge in [-0.3, -0.25) is 9.35 Å². The average Bonchev–Trinajstić information content (AvgIpc) is 2.75. The molecule has 9 heteroatoms. The molecule has 1 aromatic heterocycles. The van der Waals surface area contributed by atoms with Gasteiger partial charge in [0.05, 0.1) is 18.1 Å². The van der Waals surface area contributed by atoms with Crippen molar-refractivity contribution >= 4 is 16.0 Å². The number of imidazole rings is 1. The van der Waals surface area contributed by atoms with Crippen molar-refractivity contribution in [3.63, 3.8) is 0 Å². The number of nitrogens with two attached hydrogens (primary N) is 1. The molecule has 5 N–H and O–H groups in total. The number of carbonyl (C=O) groups is 1. The largest absolute Gasteiger partial charge is 0.355 e. The lowest BCUT2D eigenvalue weighted by molar-refractivity contribution is -0.122. The highest BCUT2D eigenvalue weighted by Gasteiger charge is 2.14. The average molecular weight is 277 g/mol. The maximum Gasteiger partial charge on any atom is 0.264 e. The fourth-order valence-corrected chi connectivity index (χ4v) is 1.83. The molecule has 0 bridgehead atoms. The predicted molar refractivity (Wildman–Crippen MR) is 64.3 cm³/mol. The number of hydrogen-bond acceptors (Lipinski definition) is 5. The lowest BCUT2D eigenvalue weighted by atomic mass is 10.2. The normalized spacial score (nSPS) is 13.2. The summed E-state index contributed by atoms with van der Waals surface area (Å²) in [5, 5.41) is 2.49. The van der Waals surface area contributed by atoms with Crippen LogP contribution in [-0.2, 0) is 21.3 Å². The number of nitrogens with zero attached hydrogens (tertiary/aromatic N) is 1. The molecule has 0 fully saturated rings. The highest BCUT2D eigenvalue weighted by atomic mass is 32.2. The maximum absolute atomic E-state index is 11.5. The Balaban J connectivity index is 2.24. The fourth-order valence-electron chi connectivity index (χ4n) is 1.32. The number of nitrogens with one attached hydrogen (secondary N) is 2. The van der Waals surface area contributed by atoms with Gasteiger partial charge in [-0.05, 0) is 6.42 Å². The van der Waals surface area contributed by atoms with E-state index in [0.29, 0.717) is 6.42 Å². The standard InChI is InChI=1S/C9H16N4O4S/c10-8(4-7-5-11-6-13-7)9(14)12-2-1-3-18(15,16)17/h5-6,8H,1-4,10H2,(H,11,13)(H,12,14)(H,15,16,17)/t8-/m0/s1/i12+1. The van der Waals surface area contributed by atoms with Crippen LogP contribution >= 0.6 is 0 Å². The summed E-state index contributed by atoms with van der Waals surface area (Å²) < 4.78 is 29.3. The van der Waals surface area contributed by atoms with E-state index in [1.54, 1.807) is 6.20 Å². The van der Waals surface area contributed by atoms with Gasteiger partial charge in [0, 0.05) is 24.9 Å². The lowest BCUT2D eigenvalue weighted by Crippen LogP contribution is -2.42. The first-order chi connectivity index (χ1) is 8.38. The van der Waals surface area contributed by atoms with Crippen LogP contribution in [0.15, 0.2) is 12.5 Å². The third-order valence-corrected chi connectivity index (χ3v) is 3.01. The molecule has 1 atom stereocenters. The van der Waals surface area contributed by atoms with Crippen LogP contribution in [-0.4, -0.2) is 47.2 Å². The molecule has 0 aliphatic heterocycles. The molecule has 1 amide bonds. The van der Waals surface area contributed by atoms with Crippen molar-refractivity contribution in [2.75, 3.05) is 12.3 Å². The first kappa shape index (κ1) is 14.6. The zero-order chi connectivity index (χ0) is 13.6. The number of aromatic nitrogens is 2. The maximum atomic E-state index is 11.5. The Morgan fingerprint density at radius 3 is 2.89 bits per heavy atom. The molecule has 18 heavy (non-hydrogen) atoms. The minimum absolute atomic E-state index is 0.140. The molecule has 0 aliphatic rings. The smallest absolute Gasteiger partial charge is 0.264 e. The molecule has 0 unspecified atom stereocenters. The van der Waals surface area contributed by atoms with Crippen molar-refractivity contribution in [3.05, 3.63) is 18.2 Å². The zero-order valence-corrected chi connectivity index (χ0v) is 10.5. The number of H-pyrrole nitrogens is 1. The summed E-state index contributed by atoms with van der Waals surface area (Å²) in [6.45, 7) is 0.148. The molecule has 1 heterocycles. The first-order valence-electron chi connectivity index (χ1n) is 5.34. The number of amides is 1. The number of carbonyl (C=O) groups excluding carboxylic acids is 1. The van der Waals surface area contributed by atoms with Crippen molar-refractivity contribution in [2.45, 2.75) is 18.9 Å². The molecular weight excluding hydrogens is 261 g/mol. The van der Waals surface area contributed by atoms with E-state index in [4.69, 9.17) is 10.3 Å². The van der Waals surface area contributed by atoms with Crippen LogP contribution in [0.1, 0.15) is 12.1 Å². The Bertz CT molecular complexity index is 471. The molecule has 0 aliphatic carbocycles. The summed E-state index contributed by atoms with van der Waals surface area (Å²) in [4.78, 5) is 18.1. The van der Waals surface area contributed by atoms with Gasteiger partial charge in [0.25, 0.3) is 10.1 Å². The van der Waals surface area contributed by atoms with Crippen LogP contribution in [0.3, 0.4) is 0 Å². The zero-order valence-electron chi connectivity index (χ0n) is 9.67. The Kier molecular flexibility index (Phi) is 5.25. The number of hydrogen-bond donors (Lipinski definition) is 4. The second-order valence-corrected chi connectivity index (χ2v) is 5.39. The minimum Gasteiger partial charge on any atom is -0.355 e. The van der Waals surface area contributed by atoms with Gasteiger partial charge in [-0.2, -0.15) is 8.42 Å². The van der Waals surface area contributed by atoms with E-state index in [2.05, 4.69) is 15.3 Å². The van der Waals surface area contributed by atoms with Crippen LogP contribution in [0, 0.1) is 0 Å². The molecule has 8 nitrogen and oxygen atoms in total. The van der Waals surface area contributed by atoms with Crippen molar-refractivity contribution in [1.82, 2.24) is 15.3 Å². The SMILES string of the molecule is N[C@@H](Cc1cnc[nH]1)C(=O)[15NH]CCCS(=O)(=O)O. The van der Waals surface area contributed by atoms with Crippen LogP contribution in [0.4, 0.5) is 0 Å². The third kappa shape index (κ3) is 5.75. The van der Waals surface area contributed by atoms with Crippen LogP contribution in [0.2, 0.25) is 0 Å². The van der Waals surface area contributed by atoms with Gasteiger partial charge in [0.1, 0.15) is 0 Å². The van der Waals surface area contributed by atoms with E-state index in [0.717, 1.165) is 5.69 Å². The second kappa shape index (κ2) is 6.47. The van der Waals surface area contributed by atoms with Gasteiger partial charge in [0.15, 0.2) is 0 Å². The minimum atomic E-state index is -3.98. The molecule has 0 radical (unpaired) electrons. The molecule has 0 saturated carbocycles. The van der Waals surface area contributed by atoms with Gasteiger partial charge >= 0.3 is 0 Å². The second-order valence-electron chi connectivity index (χ2n) is 3.82. The Morgan fingerprint density at radius 2 is 2.33 bits per heavy atom. The third-order valence-electron chi connectivity index (χ3n) is 2.21. The first-order valence-corrected chi connectivity index (χ1v) is 6.95. The number of aromatic amines is 1. The lowest BCUT2D eigenvalue weighted by Gasteiger charge is -2.10. The van der Waals surface area contributed by atoms with E-state index in [1.807, 2.05) is 0 Å². The monoisotopic (exact) mass is 277 g/mol. The van der Waals surface area contributed by atoms with Crippen LogP contribution < -0.4 is 11.1 Å². The molecule has 1 rings (SSSR count). The molecular formula is C9H16N4O4S.